The molecular formula is C11H7Cl2N3O. The van der Waals surface area contributed by atoms with Crippen LogP contribution in [0.3, 0.4) is 0 Å². The van der Waals surface area contributed by atoms with Gasteiger partial charge in [-0.1, -0.05) is 23.2 Å². The quantitative estimate of drug-likeness (QED) is 0.910. The predicted molar refractivity (Wildman–Crippen MR) is 66.4 cm³/mol. The lowest BCUT2D eigenvalue weighted by Crippen LogP contribution is -2.13. The number of amides is 1. The number of nitrogens with one attached hydrogen (secondary N) is 1. The highest BCUT2D eigenvalue weighted by Crippen LogP contribution is 2.11. The van der Waals surface area contributed by atoms with Gasteiger partial charge in [-0.05, 0) is 36.4 Å². The Morgan fingerprint density at radius 2 is 1.71 bits per heavy atom. The van der Waals surface area contributed by atoms with Gasteiger partial charge in [0.05, 0.1) is 0 Å². The van der Waals surface area contributed by atoms with E-state index in [1.807, 2.05) is 0 Å². The number of rotatable bonds is 2. The molecule has 0 aliphatic carbocycles. The van der Waals surface area contributed by atoms with Gasteiger partial charge in [-0.25, -0.2) is 0 Å². The molecule has 0 fully saturated rings. The molecule has 0 saturated carbocycles. The minimum atomic E-state index is -0.279. The van der Waals surface area contributed by atoms with E-state index in [9.17, 15) is 4.79 Å². The van der Waals surface area contributed by atoms with Crippen LogP contribution < -0.4 is 5.32 Å². The molecule has 0 spiro atoms. The highest BCUT2D eigenvalue weighted by Gasteiger charge is 2.06. The molecule has 0 radical (unpaired) electrons. The van der Waals surface area contributed by atoms with Gasteiger partial charge in [-0.2, -0.15) is 0 Å². The number of anilines is 1. The minimum absolute atomic E-state index is 0.273. The van der Waals surface area contributed by atoms with Crippen molar-refractivity contribution in [2.24, 2.45) is 0 Å². The van der Waals surface area contributed by atoms with Crippen LogP contribution in [0.1, 0.15) is 10.4 Å². The number of nitrogens with zero attached hydrogens (tertiary/aromatic N) is 2. The number of aromatic nitrogens is 2. The van der Waals surface area contributed by atoms with E-state index in [0.29, 0.717) is 16.4 Å². The molecule has 2 aromatic rings. The van der Waals surface area contributed by atoms with Crippen molar-refractivity contribution in [1.82, 2.24) is 10.2 Å². The molecule has 0 atom stereocenters. The summed E-state index contributed by atoms with van der Waals surface area (Å²) < 4.78 is 0. The van der Waals surface area contributed by atoms with E-state index >= 15 is 0 Å². The Bertz CT molecular complexity index is 525. The maximum Gasteiger partial charge on any atom is 0.256 e. The summed E-state index contributed by atoms with van der Waals surface area (Å²) in [5.41, 5.74) is 0.492. The molecule has 1 N–H and O–H groups in total. The van der Waals surface area contributed by atoms with Gasteiger partial charge in [-0.15, -0.1) is 10.2 Å². The number of hydrogen-bond donors (Lipinski definition) is 1. The zero-order chi connectivity index (χ0) is 12.3. The van der Waals surface area contributed by atoms with Crippen molar-refractivity contribution in [3.05, 3.63) is 52.1 Å². The molecule has 86 valence electrons. The van der Waals surface area contributed by atoms with Crippen LogP contribution in [-0.4, -0.2) is 16.1 Å². The van der Waals surface area contributed by atoms with Gasteiger partial charge in [0.1, 0.15) is 0 Å². The summed E-state index contributed by atoms with van der Waals surface area (Å²) in [4.78, 5) is 11.8. The van der Waals surface area contributed by atoms with Gasteiger partial charge >= 0.3 is 0 Å². The third-order valence-electron chi connectivity index (χ3n) is 1.98. The van der Waals surface area contributed by atoms with E-state index < -0.39 is 0 Å². The fourth-order valence-corrected chi connectivity index (χ4v) is 1.40. The fourth-order valence-electron chi connectivity index (χ4n) is 1.17. The van der Waals surface area contributed by atoms with E-state index in [1.165, 1.54) is 0 Å². The molecule has 0 aliphatic rings. The SMILES string of the molecule is O=C(Nc1ccc(Cl)nn1)c1ccc(Cl)cc1. The maximum atomic E-state index is 11.8. The summed E-state index contributed by atoms with van der Waals surface area (Å²) >= 11 is 11.3. The number of carbonyl (C=O) groups is 1. The summed E-state index contributed by atoms with van der Waals surface area (Å²) in [6.07, 6.45) is 0. The number of carbonyl (C=O) groups excluding carboxylic acids is 1. The van der Waals surface area contributed by atoms with E-state index in [-0.39, 0.29) is 11.1 Å². The Hall–Kier alpha value is -1.65. The molecule has 4 nitrogen and oxygen atoms in total. The molecular weight excluding hydrogens is 261 g/mol. The molecule has 1 aromatic carbocycles. The zero-order valence-electron chi connectivity index (χ0n) is 8.52. The lowest BCUT2D eigenvalue weighted by Gasteiger charge is -2.03. The first-order valence-electron chi connectivity index (χ1n) is 4.71. The molecule has 0 saturated heterocycles. The summed E-state index contributed by atoms with van der Waals surface area (Å²) in [7, 11) is 0. The number of hydrogen-bond acceptors (Lipinski definition) is 3. The summed E-state index contributed by atoms with van der Waals surface area (Å²) in [6, 6.07) is 9.66. The highest BCUT2D eigenvalue weighted by atomic mass is 35.5. The Kier molecular flexibility index (Phi) is 3.56. The molecule has 17 heavy (non-hydrogen) atoms. The van der Waals surface area contributed by atoms with E-state index in [0.717, 1.165) is 0 Å². The van der Waals surface area contributed by atoms with Gasteiger partial charge in [0.2, 0.25) is 0 Å². The third-order valence-corrected chi connectivity index (χ3v) is 2.43. The first-order chi connectivity index (χ1) is 8.15. The average Bonchev–Trinajstić information content (AvgIpc) is 2.33. The van der Waals surface area contributed by atoms with Crippen molar-refractivity contribution >= 4 is 34.9 Å². The topological polar surface area (TPSA) is 54.9 Å². The van der Waals surface area contributed by atoms with Crippen molar-refractivity contribution in [1.29, 1.82) is 0 Å². The normalized spacial score (nSPS) is 10.0. The molecule has 0 bridgehead atoms. The van der Waals surface area contributed by atoms with Gasteiger partial charge in [0, 0.05) is 10.6 Å². The van der Waals surface area contributed by atoms with Gasteiger partial charge in [-0.3, -0.25) is 4.79 Å². The summed E-state index contributed by atoms with van der Waals surface area (Å²) in [5.74, 6) is 0.0626. The second kappa shape index (κ2) is 5.12. The highest BCUT2D eigenvalue weighted by molar-refractivity contribution is 6.30. The second-order valence-electron chi connectivity index (χ2n) is 3.20. The zero-order valence-corrected chi connectivity index (χ0v) is 10.0. The third kappa shape index (κ3) is 3.15. The number of benzene rings is 1. The van der Waals surface area contributed by atoms with Crippen LogP contribution in [0.25, 0.3) is 0 Å². The van der Waals surface area contributed by atoms with Gasteiger partial charge in [0.25, 0.3) is 5.91 Å². The van der Waals surface area contributed by atoms with Crippen LogP contribution >= 0.6 is 23.2 Å². The Labute approximate surface area is 108 Å². The summed E-state index contributed by atoms with van der Waals surface area (Å²) in [5, 5.41) is 10.8. The van der Waals surface area contributed by atoms with E-state index in [4.69, 9.17) is 23.2 Å². The van der Waals surface area contributed by atoms with Crippen LogP contribution in [0.5, 0.6) is 0 Å². The minimum Gasteiger partial charge on any atom is -0.305 e. The van der Waals surface area contributed by atoms with Gasteiger partial charge < -0.3 is 5.32 Å². The van der Waals surface area contributed by atoms with Crippen LogP contribution in [0.15, 0.2) is 36.4 Å². The molecule has 0 aliphatic heterocycles. The van der Waals surface area contributed by atoms with Crippen LogP contribution in [0.2, 0.25) is 10.2 Å². The molecule has 2 rings (SSSR count). The maximum absolute atomic E-state index is 11.8. The van der Waals surface area contributed by atoms with E-state index in [1.54, 1.807) is 36.4 Å². The average molecular weight is 268 g/mol. The lowest BCUT2D eigenvalue weighted by atomic mass is 10.2. The molecule has 1 aromatic heterocycles. The molecule has 1 heterocycles. The predicted octanol–water partition coefficient (Wildman–Crippen LogP) is 3.04. The van der Waals surface area contributed by atoms with Crippen LogP contribution in [-0.2, 0) is 0 Å². The molecule has 6 heteroatoms. The first-order valence-corrected chi connectivity index (χ1v) is 5.47. The van der Waals surface area contributed by atoms with Crippen molar-refractivity contribution in [2.45, 2.75) is 0 Å². The standard InChI is InChI=1S/C11H7Cl2N3O/c12-8-3-1-7(2-4-8)11(17)14-10-6-5-9(13)15-16-10/h1-6H,(H,14,16,17). The lowest BCUT2D eigenvalue weighted by molar-refractivity contribution is 0.102. The van der Waals surface area contributed by atoms with E-state index in [2.05, 4.69) is 15.5 Å². The Morgan fingerprint density at radius 3 is 2.29 bits per heavy atom. The van der Waals surface area contributed by atoms with Crippen molar-refractivity contribution in [3.8, 4) is 0 Å². The Morgan fingerprint density at radius 1 is 1.00 bits per heavy atom. The molecule has 1 amide bonds. The van der Waals surface area contributed by atoms with Crippen LogP contribution in [0, 0.1) is 0 Å². The Balaban J connectivity index is 2.11. The first kappa shape index (κ1) is 11.8. The fraction of sp³-hybridized carbons (Fsp3) is 0. The smallest absolute Gasteiger partial charge is 0.256 e. The van der Waals surface area contributed by atoms with Crippen molar-refractivity contribution in [3.63, 3.8) is 0 Å². The molecule has 0 unspecified atom stereocenters. The second-order valence-corrected chi connectivity index (χ2v) is 4.03. The monoisotopic (exact) mass is 267 g/mol. The van der Waals surface area contributed by atoms with Crippen molar-refractivity contribution < 1.29 is 4.79 Å². The largest absolute Gasteiger partial charge is 0.305 e. The van der Waals surface area contributed by atoms with Crippen LogP contribution in [0.4, 0.5) is 5.82 Å². The summed E-state index contributed by atoms with van der Waals surface area (Å²) in [6.45, 7) is 0. The van der Waals surface area contributed by atoms with Crippen molar-refractivity contribution in [2.75, 3.05) is 5.32 Å². The van der Waals surface area contributed by atoms with Gasteiger partial charge in [0.15, 0.2) is 11.0 Å². The number of halogens is 2.